The molecule has 0 aliphatic heterocycles. The Balaban J connectivity index is 2.71. The van der Waals surface area contributed by atoms with Crippen LogP contribution in [-0.4, -0.2) is 29.0 Å². The highest BCUT2D eigenvalue weighted by molar-refractivity contribution is 6.29. The molecule has 0 spiro atoms. The largest absolute Gasteiger partial charge is 0.302 e. The van der Waals surface area contributed by atoms with Crippen LogP contribution >= 0.6 is 11.6 Å². The van der Waals surface area contributed by atoms with E-state index in [1.807, 2.05) is 19.0 Å². The van der Waals surface area contributed by atoms with E-state index in [1.165, 1.54) is 0 Å². The molecule has 3 nitrogen and oxygen atoms in total. The number of halogens is 1. The van der Waals surface area contributed by atoms with E-state index in [2.05, 4.69) is 9.97 Å². The molecule has 0 fully saturated rings. The van der Waals surface area contributed by atoms with Crippen LogP contribution in [0.15, 0.2) is 12.3 Å². The second kappa shape index (κ2) is 3.64. The third kappa shape index (κ3) is 2.82. The molecular formula is C7H10ClN3. The Morgan fingerprint density at radius 3 is 2.82 bits per heavy atom. The van der Waals surface area contributed by atoms with Gasteiger partial charge in [0.1, 0.15) is 11.0 Å². The SMILES string of the molecule is CN(C)Cc1nccc(Cl)n1. The van der Waals surface area contributed by atoms with E-state index in [0.29, 0.717) is 5.15 Å². The maximum atomic E-state index is 5.66. The summed E-state index contributed by atoms with van der Waals surface area (Å²) < 4.78 is 0. The van der Waals surface area contributed by atoms with Gasteiger partial charge in [0.2, 0.25) is 0 Å². The fourth-order valence-electron chi connectivity index (χ4n) is 0.733. The minimum absolute atomic E-state index is 0.497. The van der Waals surface area contributed by atoms with Gasteiger partial charge in [-0.25, -0.2) is 9.97 Å². The smallest absolute Gasteiger partial charge is 0.143 e. The van der Waals surface area contributed by atoms with Crippen molar-refractivity contribution in [3.8, 4) is 0 Å². The lowest BCUT2D eigenvalue weighted by Crippen LogP contribution is -2.13. The third-order valence-corrected chi connectivity index (χ3v) is 1.34. The summed E-state index contributed by atoms with van der Waals surface area (Å²) in [5, 5.41) is 0.497. The molecule has 1 heterocycles. The molecule has 1 aromatic rings. The predicted molar refractivity (Wildman–Crippen MR) is 44.4 cm³/mol. The number of rotatable bonds is 2. The molecule has 0 atom stereocenters. The lowest BCUT2D eigenvalue weighted by atomic mass is 10.5. The van der Waals surface area contributed by atoms with Crippen molar-refractivity contribution in [1.29, 1.82) is 0 Å². The number of hydrogen-bond donors (Lipinski definition) is 0. The van der Waals surface area contributed by atoms with Gasteiger partial charge in [-0.3, -0.25) is 0 Å². The second-order valence-electron chi connectivity index (χ2n) is 2.53. The average Bonchev–Trinajstić information content (AvgIpc) is 1.85. The topological polar surface area (TPSA) is 29.0 Å². The van der Waals surface area contributed by atoms with Crippen LogP contribution in [0.2, 0.25) is 5.15 Å². The summed E-state index contributed by atoms with van der Waals surface area (Å²) in [6.45, 7) is 0.723. The van der Waals surface area contributed by atoms with Gasteiger partial charge in [0, 0.05) is 6.20 Å². The highest BCUT2D eigenvalue weighted by atomic mass is 35.5. The molecule has 1 aromatic heterocycles. The monoisotopic (exact) mass is 171 g/mol. The molecule has 0 saturated heterocycles. The first-order valence-corrected chi connectivity index (χ1v) is 3.68. The van der Waals surface area contributed by atoms with E-state index in [1.54, 1.807) is 12.3 Å². The standard InChI is InChI=1S/C7H10ClN3/c1-11(2)5-7-9-4-3-6(8)10-7/h3-4H,5H2,1-2H3. The lowest BCUT2D eigenvalue weighted by Gasteiger charge is -2.06. The molecule has 11 heavy (non-hydrogen) atoms. The fourth-order valence-corrected chi connectivity index (χ4v) is 0.887. The van der Waals surface area contributed by atoms with E-state index in [4.69, 9.17) is 11.6 Å². The molecule has 60 valence electrons. The molecule has 1 rings (SSSR count). The molecule has 0 aliphatic carbocycles. The summed E-state index contributed by atoms with van der Waals surface area (Å²) in [4.78, 5) is 10.1. The molecule has 0 saturated carbocycles. The van der Waals surface area contributed by atoms with Crippen molar-refractivity contribution in [2.24, 2.45) is 0 Å². The van der Waals surface area contributed by atoms with Crippen molar-refractivity contribution in [2.75, 3.05) is 14.1 Å². The van der Waals surface area contributed by atoms with Crippen molar-refractivity contribution in [1.82, 2.24) is 14.9 Å². The van der Waals surface area contributed by atoms with E-state index >= 15 is 0 Å². The van der Waals surface area contributed by atoms with Gasteiger partial charge in [-0.2, -0.15) is 0 Å². The molecule has 0 aromatic carbocycles. The average molecular weight is 172 g/mol. The van der Waals surface area contributed by atoms with Crippen LogP contribution in [0.3, 0.4) is 0 Å². The van der Waals surface area contributed by atoms with Gasteiger partial charge in [0.05, 0.1) is 6.54 Å². The Labute approximate surface area is 71.0 Å². The molecular weight excluding hydrogens is 162 g/mol. The van der Waals surface area contributed by atoms with Crippen LogP contribution in [0, 0.1) is 0 Å². The summed E-state index contributed by atoms with van der Waals surface area (Å²) >= 11 is 5.66. The van der Waals surface area contributed by atoms with Crippen LogP contribution in [0.4, 0.5) is 0 Å². The molecule has 0 amide bonds. The van der Waals surface area contributed by atoms with Crippen molar-refractivity contribution >= 4 is 11.6 Å². The summed E-state index contributed by atoms with van der Waals surface area (Å²) in [6.07, 6.45) is 1.66. The second-order valence-corrected chi connectivity index (χ2v) is 2.92. The molecule has 0 radical (unpaired) electrons. The predicted octanol–water partition coefficient (Wildman–Crippen LogP) is 1.19. The molecule has 0 aliphatic rings. The normalized spacial score (nSPS) is 10.5. The van der Waals surface area contributed by atoms with Gasteiger partial charge < -0.3 is 4.90 Å². The fraction of sp³-hybridized carbons (Fsp3) is 0.429. The maximum absolute atomic E-state index is 5.66. The maximum Gasteiger partial charge on any atom is 0.143 e. The van der Waals surface area contributed by atoms with E-state index < -0.39 is 0 Å². The van der Waals surface area contributed by atoms with Gasteiger partial charge in [-0.1, -0.05) is 11.6 Å². The summed E-state index contributed by atoms with van der Waals surface area (Å²) in [7, 11) is 3.93. The first kappa shape index (κ1) is 8.43. The highest BCUT2D eigenvalue weighted by Gasteiger charge is 1.97. The molecule has 0 unspecified atom stereocenters. The summed E-state index contributed by atoms with van der Waals surface area (Å²) in [5.74, 6) is 0.752. The molecule has 4 heteroatoms. The van der Waals surface area contributed by atoms with Crippen molar-refractivity contribution in [3.63, 3.8) is 0 Å². The first-order chi connectivity index (χ1) is 5.18. The van der Waals surface area contributed by atoms with Crippen LogP contribution in [0.1, 0.15) is 5.82 Å². The van der Waals surface area contributed by atoms with E-state index in [9.17, 15) is 0 Å². The van der Waals surface area contributed by atoms with E-state index in [0.717, 1.165) is 12.4 Å². The van der Waals surface area contributed by atoms with Crippen molar-refractivity contribution < 1.29 is 0 Å². The Morgan fingerprint density at radius 2 is 2.27 bits per heavy atom. The van der Waals surface area contributed by atoms with Crippen molar-refractivity contribution in [2.45, 2.75) is 6.54 Å². The third-order valence-electron chi connectivity index (χ3n) is 1.13. The van der Waals surface area contributed by atoms with Crippen LogP contribution in [0.5, 0.6) is 0 Å². The van der Waals surface area contributed by atoms with Gasteiger partial charge >= 0.3 is 0 Å². The molecule has 0 N–H and O–H groups in total. The Hall–Kier alpha value is -0.670. The van der Waals surface area contributed by atoms with Crippen LogP contribution < -0.4 is 0 Å². The van der Waals surface area contributed by atoms with E-state index in [-0.39, 0.29) is 0 Å². The van der Waals surface area contributed by atoms with Gasteiger partial charge in [0.25, 0.3) is 0 Å². The molecule has 0 bridgehead atoms. The Kier molecular flexibility index (Phi) is 2.79. The minimum atomic E-state index is 0.497. The zero-order valence-corrected chi connectivity index (χ0v) is 7.34. The Bertz CT molecular complexity index is 237. The Morgan fingerprint density at radius 1 is 1.55 bits per heavy atom. The van der Waals surface area contributed by atoms with Gasteiger partial charge in [-0.05, 0) is 20.2 Å². The zero-order valence-electron chi connectivity index (χ0n) is 6.58. The lowest BCUT2D eigenvalue weighted by molar-refractivity contribution is 0.390. The highest BCUT2D eigenvalue weighted by Crippen LogP contribution is 2.02. The minimum Gasteiger partial charge on any atom is -0.302 e. The van der Waals surface area contributed by atoms with Crippen LogP contribution in [0.25, 0.3) is 0 Å². The first-order valence-electron chi connectivity index (χ1n) is 3.30. The van der Waals surface area contributed by atoms with Crippen LogP contribution in [-0.2, 0) is 6.54 Å². The van der Waals surface area contributed by atoms with Crippen molar-refractivity contribution in [3.05, 3.63) is 23.2 Å². The summed E-state index contributed by atoms with van der Waals surface area (Å²) in [6, 6.07) is 1.67. The number of nitrogens with zero attached hydrogens (tertiary/aromatic N) is 3. The quantitative estimate of drug-likeness (QED) is 0.626. The zero-order chi connectivity index (χ0) is 8.27. The van der Waals surface area contributed by atoms with Gasteiger partial charge in [-0.15, -0.1) is 0 Å². The summed E-state index contributed by atoms with van der Waals surface area (Å²) in [5.41, 5.74) is 0. The van der Waals surface area contributed by atoms with Gasteiger partial charge in [0.15, 0.2) is 0 Å². The number of aromatic nitrogens is 2. The number of hydrogen-bond acceptors (Lipinski definition) is 3.